The number of methoxy groups -OCH3 is 1. The Morgan fingerprint density at radius 3 is 2.61 bits per heavy atom. The molecule has 18 heavy (non-hydrogen) atoms. The van der Waals surface area contributed by atoms with E-state index < -0.39 is 6.61 Å². The molecule has 0 spiro atoms. The summed E-state index contributed by atoms with van der Waals surface area (Å²) in [6, 6.07) is 5.02. The average molecular weight is 257 g/mol. The van der Waals surface area contributed by atoms with Gasteiger partial charge in [0.15, 0.2) is 0 Å². The summed E-state index contributed by atoms with van der Waals surface area (Å²) >= 11 is 0. The van der Waals surface area contributed by atoms with E-state index in [0.717, 1.165) is 0 Å². The fourth-order valence-electron chi connectivity index (χ4n) is 1.91. The molecule has 3 nitrogen and oxygen atoms in total. The molecule has 5 heteroatoms. The van der Waals surface area contributed by atoms with Gasteiger partial charge in [-0.1, -0.05) is 0 Å². The van der Waals surface area contributed by atoms with Crippen LogP contribution in [0.5, 0.6) is 11.5 Å². The third kappa shape index (κ3) is 3.24. The van der Waals surface area contributed by atoms with E-state index in [-0.39, 0.29) is 11.8 Å². The molecule has 1 aliphatic rings. The van der Waals surface area contributed by atoms with Crippen LogP contribution in [0.25, 0.3) is 0 Å². The van der Waals surface area contributed by atoms with Gasteiger partial charge in [0.2, 0.25) is 0 Å². The van der Waals surface area contributed by atoms with E-state index in [1.54, 1.807) is 12.1 Å². The van der Waals surface area contributed by atoms with Crippen LogP contribution in [0.3, 0.4) is 0 Å². The minimum Gasteiger partial charge on any atom is -0.497 e. The molecule has 0 aromatic heterocycles. The van der Waals surface area contributed by atoms with Crippen molar-refractivity contribution in [3.05, 3.63) is 18.2 Å². The minimum atomic E-state index is -2.82. The standard InChI is InChI=1S/C13H17F2NO2/c1-8(9-3-4-9)16-11-7-10(17-2)5-6-12(11)18-13(14)15/h5-9,13,16H,3-4H2,1-2H3. The van der Waals surface area contributed by atoms with Crippen LogP contribution in [0, 0.1) is 5.92 Å². The van der Waals surface area contributed by atoms with Gasteiger partial charge in [-0.2, -0.15) is 8.78 Å². The van der Waals surface area contributed by atoms with E-state index in [1.807, 2.05) is 6.92 Å². The van der Waals surface area contributed by atoms with Crippen LogP contribution < -0.4 is 14.8 Å². The van der Waals surface area contributed by atoms with E-state index in [0.29, 0.717) is 17.4 Å². The molecule has 0 bridgehead atoms. The van der Waals surface area contributed by atoms with Gasteiger partial charge >= 0.3 is 6.61 Å². The van der Waals surface area contributed by atoms with E-state index in [9.17, 15) is 8.78 Å². The molecular formula is C13H17F2NO2. The van der Waals surface area contributed by atoms with Gasteiger partial charge in [0.25, 0.3) is 0 Å². The molecule has 2 rings (SSSR count). The predicted molar refractivity (Wildman–Crippen MR) is 65.4 cm³/mol. The summed E-state index contributed by atoms with van der Waals surface area (Å²) in [7, 11) is 1.54. The topological polar surface area (TPSA) is 30.5 Å². The molecule has 0 amide bonds. The van der Waals surface area contributed by atoms with Gasteiger partial charge in [-0.05, 0) is 37.8 Å². The summed E-state index contributed by atoms with van der Waals surface area (Å²) < 4.78 is 34.2. The van der Waals surface area contributed by atoms with Crippen LogP contribution in [0.15, 0.2) is 18.2 Å². The molecule has 100 valence electrons. The number of hydrogen-bond donors (Lipinski definition) is 1. The Hall–Kier alpha value is -1.52. The van der Waals surface area contributed by atoms with Crippen molar-refractivity contribution < 1.29 is 18.3 Å². The van der Waals surface area contributed by atoms with Crippen LogP contribution in [-0.2, 0) is 0 Å². The van der Waals surface area contributed by atoms with Gasteiger partial charge in [-0.3, -0.25) is 0 Å². The average Bonchev–Trinajstić information content (AvgIpc) is 3.14. The van der Waals surface area contributed by atoms with Crippen molar-refractivity contribution in [2.24, 2.45) is 5.92 Å². The van der Waals surface area contributed by atoms with Crippen molar-refractivity contribution in [2.45, 2.75) is 32.4 Å². The van der Waals surface area contributed by atoms with Crippen LogP contribution in [0.4, 0.5) is 14.5 Å². The Morgan fingerprint density at radius 1 is 1.33 bits per heavy atom. The maximum Gasteiger partial charge on any atom is 0.387 e. The van der Waals surface area contributed by atoms with E-state index >= 15 is 0 Å². The molecule has 0 aliphatic heterocycles. The highest BCUT2D eigenvalue weighted by Gasteiger charge is 2.28. The number of anilines is 1. The first kappa shape index (κ1) is 12.9. The summed E-state index contributed by atoms with van der Waals surface area (Å²) in [5.74, 6) is 1.39. The van der Waals surface area contributed by atoms with Gasteiger partial charge in [0.1, 0.15) is 11.5 Å². The second-order valence-corrected chi connectivity index (χ2v) is 4.51. The fraction of sp³-hybridized carbons (Fsp3) is 0.538. The summed E-state index contributed by atoms with van der Waals surface area (Å²) in [6.07, 6.45) is 2.37. The highest BCUT2D eigenvalue weighted by atomic mass is 19.3. The third-order valence-electron chi connectivity index (χ3n) is 3.12. The third-order valence-corrected chi connectivity index (χ3v) is 3.12. The molecule has 0 radical (unpaired) electrons. The fourth-order valence-corrected chi connectivity index (χ4v) is 1.91. The smallest absolute Gasteiger partial charge is 0.387 e. The lowest BCUT2D eigenvalue weighted by molar-refractivity contribution is -0.0494. The van der Waals surface area contributed by atoms with Crippen molar-refractivity contribution in [2.75, 3.05) is 12.4 Å². The van der Waals surface area contributed by atoms with Gasteiger partial charge in [0, 0.05) is 12.1 Å². The van der Waals surface area contributed by atoms with E-state index in [4.69, 9.17) is 4.74 Å². The lowest BCUT2D eigenvalue weighted by atomic mass is 10.2. The van der Waals surface area contributed by atoms with Gasteiger partial charge in [-0.15, -0.1) is 0 Å². The first-order valence-corrected chi connectivity index (χ1v) is 5.99. The van der Waals surface area contributed by atoms with E-state index in [2.05, 4.69) is 10.1 Å². The Kier molecular flexibility index (Phi) is 3.89. The van der Waals surface area contributed by atoms with Crippen LogP contribution >= 0.6 is 0 Å². The number of hydrogen-bond acceptors (Lipinski definition) is 3. The molecule has 0 heterocycles. The molecule has 1 aromatic rings. The maximum atomic E-state index is 12.3. The van der Waals surface area contributed by atoms with E-state index in [1.165, 1.54) is 26.0 Å². The molecule has 0 saturated heterocycles. The number of ether oxygens (including phenoxy) is 2. The highest BCUT2D eigenvalue weighted by molar-refractivity contribution is 5.60. The molecule has 1 aromatic carbocycles. The van der Waals surface area contributed by atoms with Crippen molar-refractivity contribution in [3.8, 4) is 11.5 Å². The van der Waals surface area contributed by atoms with Crippen molar-refractivity contribution >= 4 is 5.69 Å². The zero-order valence-corrected chi connectivity index (χ0v) is 10.5. The molecule has 1 unspecified atom stereocenters. The van der Waals surface area contributed by atoms with Crippen LogP contribution in [-0.4, -0.2) is 19.8 Å². The summed E-state index contributed by atoms with van der Waals surface area (Å²) in [5, 5.41) is 3.21. The molecule has 1 N–H and O–H groups in total. The number of rotatable bonds is 6. The monoisotopic (exact) mass is 257 g/mol. The SMILES string of the molecule is COc1ccc(OC(F)F)c(NC(C)C2CC2)c1. The zero-order valence-electron chi connectivity index (χ0n) is 10.5. The Balaban J connectivity index is 2.16. The van der Waals surface area contributed by atoms with Crippen molar-refractivity contribution in [1.82, 2.24) is 0 Å². The van der Waals surface area contributed by atoms with Crippen molar-refractivity contribution in [1.29, 1.82) is 0 Å². The van der Waals surface area contributed by atoms with Gasteiger partial charge in [0.05, 0.1) is 12.8 Å². The number of halogens is 2. The van der Waals surface area contributed by atoms with Gasteiger partial charge in [-0.25, -0.2) is 0 Å². The maximum absolute atomic E-state index is 12.3. The number of nitrogens with one attached hydrogen (secondary N) is 1. The number of benzene rings is 1. The Morgan fingerprint density at radius 2 is 2.06 bits per heavy atom. The molecule has 1 saturated carbocycles. The highest BCUT2D eigenvalue weighted by Crippen LogP contribution is 2.37. The first-order valence-electron chi connectivity index (χ1n) is 5.99. The Labute approximate surface area is 105 Å². The Bertz CT molecular complexity index is 408. The zero-order chi connectivity index (χ0) is 13.1. The molecular weight excluding hydrogens is 240 g/mol. The second-order valence-electron chi connectivity index (χ2n) is 4.51. The van der Waals surface area contributed by atoms with Crippen LogP contribution in [0.2, 0.25) is 0 Å². The predicted octanol–water partition coefficient (Wildman–Crippen LogP) is 3.51. The summed E-state index contributed by atoms with van der Waals surface area (Å²) in [5.41, 5.74) is 0.550. The minimum absolute atomic E-state index is 0.151. The number of alkyl halides is 2. The lowest BCUT2D eigenvalue weighted by Gasteiger charge is -2.18. The van der Waals surface area contributed by atoms with Crippen molar-refractivity contribution in [3.63, 3.8) is 0 Å². The molecule has 1 aliphatic carbocycles. The first-order chi connectivity index (χ1) is 8.60. The largest absolute Gasteiger partial charge is 0.497 e. The summed E-state index contributed by atoms with van der Waals surface area (Å²) in [6.45, 7) is -0.779. The normalized spacial score (nSPS) is 16.5. The quantitative estimate of drug-likeness (QED) is 0.846. The molecule has 1 atom stereocenters. The molecule has 1 fully saturated rings. The van der Waals surface area contributed by atoms with Crippen LogP contribution in [0.1, 0.15) is 19.8 Å². The lowest BCUT2D eigenvalue weighted by Crippen LogP contribution is -2.18. The van der Waals surface area contributed by atoms with Gasteiger partial charge < -0.3 is 14.8 Å². The summed E-state index contributed by atoms with van der Waals surface area (Å²) in [4.78, 5) is 0. The second kappa shape index (κ2) is 5.42.